The highest BCUT2D eigenvalue weighted by atomic mass is 16.7. The third-order valence-corrected chi connectivity index (χ3v) is 2.90. The van der Waals surface area contributed by atoms with E-state index in [9.17, 15) is 9.59 Å². The zero-order chi connectivity index (χ0) is 15.0. The van der Waals surface area contributed by atoms with E-state index < -0.39 is 11.9 Å². The number of hydrogen-bond acceptors (Lipinski definition) is 5. The summed E-state index contributed by atoms with van der Waals surface area (Å²) in [7, 11) is 0. The van der Waals surface area contributed by atoms with Gasteiger partial charge in [0, 0.05) is 19.1 Å². The number of ether oxygens (including phenoxy) is 3. The zero-order valence-corrected chi connectivity index (χ0v) is 11.4. The normalized spacial score (nSPS) is 24.4. The molecule has 0 aromatic rings. The third-order valence-electron chi connectivity index (χ3n) is 2.90. The lowest BCUT2D eigenvalue weighted by atomic mass is 10.1. The van der Waals surface area contributed by atoms with Crippen molar-refractivity contribution in [1.82, 2.24) is 0 Å². The molecule has 2 fully saturated rings. The van der Waals surface area contributed by atoms with Crippen LogP contribution in [0.4, 0.5) is 0 Å². The molecule has 0 aliphatic carbocycles. The quantitative estimate of drug-likeness (QED) is 0.624. The van der Waals surface area contributed by atoms with Crippen molar-refractivity contribution in [1.29, 1.82) is 0 Å². The molecule has 0 amide bonds. The second-order valence-electron chi connectivity index (χ2n) is 4.42. The Morgan fingerprint density at radius 2 is 1.85 bits per heavy atom. The van der Waals surface area contributed by atoms with E-state index in [-0.39, 0.29) is 18.0 Å². The number of rotatable bonds is 4. The minimum absolute atomic E-state index is 0.178. The highest BCUT2D eigenvalue weighted by Gasteiger charge is 2.22. The second kappa shape index (κ2) is 8.50. The summed E-state index contributed by atoms with van der Waals surface area (Å²) in [4.78, 5) is 20.9. The van der Waals surface area contributed by atoms with Crippen molar-refractivity contribution in [3.8, 4) is 0 Å². The molecule has 1 N–H and O–H groups in total. The maximum atomic E-state index is 10.5. The summed E-state index contributed by atoms with van der Waals surface area (Å²) in [5.74, 6) is -1.36. The van der Waals surface area contributed by atoms with E-state index in [1.165, 1.54) is 0 Å². The van der Waals surface area contributed by atoms with Gasteiger partial charge in [-0.25, -0.2) is 9.59 Å². The third kappa shape index (κ3) is 5.54. The van der Waals surface area contributed by atoms with Crippen LogP contribution in [0.2, 0.25) is 0 Å². The van der Waals surface area contributed by atoms with Crippen molar-refractivity contribution in [3.63, 3.8) is 0 Å². The lowest BCUT2D eigenvalue weighted by molar-refractivity contribution is -0.163. The molecule has 2 atom stereocenters. The van der Waals surface area contributed by atoms with Crippen molar-refractivity contribution in [2.75, 3.05) is 13.2 Å². The summed E-state index contributed by atoms with van der Waals surface area (Å²) in [6.45, 7) is 8.04. The van der Waals surface area contributed by atoms with E-state index in [2.05, 4.69) is 13.2 Å². The molecular formula is C14H20O6. The Labute approximate surface area is 118 Å². The number of esters is 1. The van der Waals surface area contributed by atoms with E-state index in [0.29, 0.717) is 13.2 Å². The summed E-state index contributed by atoms with van der Waals surface area (Å²) >= 11 is 0. The predicted molar refractivity (Wildman–Crippen MR) is 71.0 cm³/mol. The number of carboxylic acid groups (broad SMARTS) is 1. The minimum Gasteiger partial charge on any atom is -0.478 e. The first-order chi connectivity index (χ1) is 9.54. The highest BCUT2D eigenvalue weighted by Crippen LogP contribution is 2.18. The number of aliphatic carboxylic acids is 1. The minimum atomic E-state index is -0.952. The van der Waals surface area contributed by atoms with Gasteiger partial charge in [0.15, 0.2) is 0 Å². The molecule has 112 valence electrons. The SMILES string of the molecule is C=C(C(=O)O)C1CCCO1.C=CC(=O)OC1CCCO1. The first-order valence-electron chi connectivity index (χ1n) is 6.53. The smallest absolute Gasteiger partial charge is 0.333 e. The monoisotopic (exact) mass is 284 g/mol. The van der Waals surface area contributed by atoms with Gasteiger partial charge in [-0.2, -0.15) is 0 Å². The highest BCUT2D eigenvalue weighted by molar-refractivity contribution is 5.87. The lowest BCUT2D eigenvalue weighted by Crippen LogP contribution is -2.15. The van der Waals surface area contributed by atoms with Crippen LogP contribution in [0.5, 0.6) is 0 Å². The molecule has 0 saturated carbocycles. The van der Waals surface area contributed by atoms with Crippen LogP contribution in [-0.2, 0) is 23.8 Å². The Morgan fingerprint density at radius 3 is 2.30 bits per heavy atom. The summed E-state index contributed by atoms with van der Waals surface area (Å²) < 4.78 is 14.9. The van der Waals surface area contributed by atoms with Gasteiger partial charge < -0.3 is 19.3 Å². The fraction of sp³-hybridized carbons (Fsp3) is 0.571. The van der Waals surface area contributed by atoms with Crippen molar-refractivity contribution in [2.45, 2.75) is 38.1 Å². The number of carbonyl (C=O) groups excluding carboxylic acids is 1. The maximum Gasteiger partial charge on any atom is 0.333 e. The molecule has 2 heterocycles. The zero-order valence-electron chi connectivity index (χ0n) is 11.4. The molecule has 0 aromatic carbocycles. The molecule has 0 bridgehead atoms. The number of carboxylic acids is 1. The van der Waals surface area contributed by atoms with E-state index in [0.717, 1.165) is 31.8 Å². The molecule has 6 nitrogen and oxygen atoms in total. The van der Waals surface area contributed by atoms with E-state index in [1.807, 2.05) is 0 Å². The molecule has 2 saturated heterocycles. The van der Waals surface area contributed by atoms with Gasteiger partial charge >= 0.3 is 11.9 Å². The van der Waals surface area contributed by atoms with Crippen molar-refractivity contribution < 1.29 is 28.9 Å². The van der Waals surface area contributed by atoms with Gasteiger partial charge in [-0.1, -0.05) is 13.2 Å². The summed E-state index contributed by atoms with van der Waals surface area (Å²) in [6, 6.07) is 0. The van der Waals surface area contributed by atoms with Gasteiger partial charge in [0.05, 0.1) is 18.3 Å². The Kier molecular flexibility index (Phi) is 6.97. The van der Waals surface area contributed by atoms with Crippen LogP contribution < -0.4 is 0 Å². The first-order valence-corrected chi connectivity index (χ1v) is 6.53. The van der Waals surface area contributed by atoms with Gasteiger partial charge in [0.2, 0.25) is 6.29 Å². The van der Waals surface area contributed by atoms with E-state index in [1.54, 1.807) is 0 Å². The van der Waals surface area contributed by atoms with Crippen LogP contribution >= 0.6 is 0 Å². The first kappa shape index (κ1) is 16.4. The van der Waals surface area contributed by atoms with E-state index in [4.69, 9.17) is 19.3 Å². The van der Waals surface area contributed by atoms with E-state index >= 15 is 0 Å². The Bertz CT molecular complexity index is 362. The van der Waals surface area contributed by atoms with Gasteiger partial charge in [-0.3, -0.25) is 0 Å². The van der Waals surface area contributed by atoms with Gasteiger partial charge in [0.1, 0.15) is 0 Å². The molecular weight excluding hydrogens is 264 g/mol. The topological polar surface area (TPSA) is 82.1 Å². The molecule has 2 rings (SSSR count). The van der Waals surface area contributed by atoms with Crippen LogP contribution in [0.3, 0.4) is 0 Å². The molecule has 6 heteroatoms. The molecule has 20 heavy (non-hydrogen) atoms. The van der Waals surface area contributed by atoms with Gasteiger partial charge in [0.25, 0.3) is 0 Å². The Morgan fingerprint density at radius 1 is 1.20 bits per heavy atom. The summed E-state index contributed by atoms with van der Waals surface area (Å²) in [5, 5.41) is 8.46. The molecule has 2 unspecified atom stereocenters. The average Bonchev–Trinajstić information content (AvgIpc) is 3.11. The maximum absolute atomic E-state index is 10.5. The Hall–Kier alpha value is -1.66. The molecule has 2 aliphatic heterocycles. The average molecular weight is 284 g/mol. The fourth-order valence-electron chi connectivity index (χ4n) is 1.81. The lowest BCUT2D eigenvalue weighted by Gasteiger charge is -2.07. The van der Waals surface area contributed by atoms with Crippen LogP contribution in [0.1, 0.15) is 25.7 Å². The van der Waals surface area contributed by atoms with Crippen LogP contribution in [0.25, 0.3) is 0 Å². The largest absolute Gasteiger partial charge is 0.478 e. The van der Waals surface area contributed by atoms with Crippen LogP contribution in [-0.4, -0.2) is 42.7 Å². The van der Waals surface area contributed by atoms with Gasteiger partial charge in [-0.05, 0) is 19.3 Å². The van der Waals surface area contributed by atoms with Crippen LogP contribution in [0.15, 0.2) is 24.8 Å². The standard InChI is InChI=1S/2C7H10O3/c1-5(7(8)9)6-3-2-4-10-6;1-2-6(8)10-7-4-3-5-9-7/h6H,1-4H2,(H,8,9);2,7H,1,3-5H2. The van der Waals surface area contributed by atoms with Crippen molar-refractivity contribution in [2.24, 2.45) is 0 Å². The summed E-state index contributed by atoms with van der Waals surface area (Å²) in [6.07, 6.45) is 4.08. The van der Waals surface area contributed by atoms with Crippen molar-refractivity contribution in [3.05, 3.63) is 24.8 Å². The number of carbonyl (C=O) groups is 2. The Balaban J connectivity index is 0.000000200. The molecule has 0 radical (unpaired) electrons. The second-order valence-corrected chi connectivity index (χ2v) is 4.42. The van der Waals surface area contributed by atoms with Crippen molar-refractivity contribution >= 4 is 11.9 Å². The number of hydrogen-bond donors (Lipinski definition) is 1. The van der Waals surface area contributed by atoms with Gasteiger partial charge in [-0.15, -0.1) is 0 Å². The predicted octanol–water partition coefficient (Wildman–Crippen LogP) is 1.66. The summed E-state index contributed by atoms with van der Waals surface area (Å²) in [5.41, 5.74) is 0.178. The van der Waals surface area contributed by atoms with Crippen LogP contribution in [0, 0.1) is 0 Å². The molecule has 0 aromatic heterocycles. The fourth-order valence-corrected chi connectivity index (χ4v) is 1.81. The molecule has 2 aliphatic rings. The molecule has 0 spiro atoms.